The molecule has 1 aromatic carbocycles. The first-order valence-electron chi connectivity index (χ1n) is 9.90. The van der Waals surface area contributed by atoms with Crippen LogP contribution in [0, 0.1) is 29.5 Å². The number of hydrogen-bond acceptors (Lipinski definition) is 4. The summed E-state index contributed by atoms with van der Waals surface area (Å²) in [6, 6.07) is 4.45. The molecule has 2 bridgehead atoms. The summed E-state index contributed by atoms with van der Waals surface area (Å²) >= 11 is 0. The van der Waals surface area contributed by atoms with Gasteiger partial charge in [0.1, 0.15) is 12.4 Å². The predicted octanol–water partition coefficient (Wildman–Crippen LogP) is 2.17. The van der Waals surface area contributed by atoms with Gasteiger partial charge < -0.3 is 10.2 Å². The number of allylic oxidation sites excluding steroid dienone is 2. The van der Waals surface area contributed by atoms with Crippen LogP contribution in [0.1, 0.15) is 19.3 Å². The Hall–Kier alpha value is -2.70. The molecule has 3 amide bonds. The van der Waals surface area contributed by atoms with Crippen molar-refractivity contribution in [1.82, 2.24) is 4.90 Å². The number of nitrogens with one attached hydrogen (secondary N) is 1. The highest BCUT2D eigenvalue weighted by molar-refractivity contribution is 6.09. The molecule has 2 heterocycles. The first kappa shape index (κ1) is 17.4. The normalized spacial score (nSPS) is 30.5. The average Bonchev–Trinajstić information content (AvgIpc) is 3.43. The number of likely N-dealkylation sites (tertiary alicyclic amines) is 1. The number of carbonyl (C=O) groups excluding carboxylic acids is 3. The Kier molecular flexibility index (Phi) is 4.00. The quantitative estimate of drug-likeness (QED) is 0.639. The summed E-state index contributed by atoms with van der Waals surface area (Å²) in [7, 11) is 0. The molecule has 0 radical (unpaired) electrons. The zero-order valence-electron chi connectivity index (χ0n) is 15.4. The maximum absolute atomic E-state index is 14.0. The SMILES string of the molecule is O=C(CN1C(=O)C2C3C=CC(C3)C2C1=O)Nc1cc(F)cc(N2CCCC2)c1. The van der Waals surface area contributed by atoms with E-state index in [0.29, 0.717) is 5.69 Å². The van der Waals surface area contributed by atoms with Crippen molar-refractivity contribution in [3.63, 3.8) is 0 Å². The fourth-order valence-electron chi connectivity index (χ4n) is 5.27. The fraction of sp³-hybridized carbons (Fsp3) is 0.476. The van der Waals surface area contributed by atoms with Gasteiger partial charge in [-0.1, -0.05) is 12.2 Å². The Labute approximate surface area is 162 Å². The number of imide groups is 1. The molecule has 6 nitrogen and oxygen atoms in total. The summed E-state index contributed by atoms with van der Waals surface area (Å²) in [5.74, 6) is -1.81. The van der Waals surface area contributed by atoms with E-state index in [1.807, 2.05) is 12.2 Å². The number of fused-ring (bicyclic) bond motifs is 5. The van der Waals surface area contributed by atoms with Crippen molar-refractivity contribution < 1.29 is 18.8 Å². The van der Waals surface area contributed by atoms with Crippen LogP contribution in [0.25, 0.3) is 0 Å². The van der Waals surface area contributed by atoms with Gasteiger partial charge in [-0.25, -0.2) is 4.39 Å². The topological polar surface area (TPSA) is 69.7 Å². The van der Waals surface area contributed by atoms with Crippen molar-refractivity contribution in [1.29, 1.82) is 0 Å². The van der Waals surface area contributed by atoms with Gasteiger partial charge in [-0.05, 0) is 49.3 Å². The molecule has 3 fully saturated rings. The lowest BCUT2D eigenvalue weighted by Crippen LogP contribution is -2.39. The Morgan fingerprint density at radius 1 is 1.04 bits per heavy atom. The molecular formula is C21H22FN3O3. The molecule has 1 N–H and O–H groups in total. The van der Waals surface area contributed by atoms with Crippen LogP contribution in [-0.4, -0.2) is 42.3 Å². The zero-order valence-corrected chi connectivity index (χ0v) is 15.4. The first-order chi connectivity index (χ1) is 13.5. The third kappa shape index (κ3) is 2.72. The van der Waals surface area contributed by atoms with Gasteiger partial charge in [0.25, 0.3) is 0 Å². The average molecular weight is 383 g/mol. The third-order valence-corrected chi connectivity index (χ3v) is 6.50. The Morgan fingerprint density at radius 2 is 1.68 bits per heavy atom. The second-order valence-corrected chi connectivity index (χ2v) is 8.20. The van der Waals surface area contributed by atoms with E-state index in [0.717, 1.165) is 42.9 Å². The van der Waals surface area contributed by atoms with E-state index >= 15 is 0 Å². The summed E-state index contributed by atoms with van der Waals surface area (Å²) in [6.45, 7) is 1.42. The number of rotatable bonds is 4. The van der Waals surface area contributed by atoms with E-state index in [1.165, 1.54) is 12.1 Å². The molecule has 4 aliphatic rings. The number of nitrogens with zero attached hydrogens (tertiary/aromatic N) is 2. The lowest BCUT2D eigenvalue weighted by atomic mass is 9.85. The van der Waals surface area contributed by atoms with Gasteiger partial charge in [0.05, 0.1) is 11.8 Å². The van der Waals surface area contributed by atoms with Crippen molar-refractivity contribution >= 4 is 29.1 Å². The van der Waals surface area contributed by atoms with Crippen LogP contribution in [0.3, 0.4) is 0 Å². The van der Waals surface area contributed by atoms with E-state index in [2.05, 4.69) is 10.2 Å². The minimum Gasteiger partial charge on any atom is -0.371 e. The zero-order chi connectivity index (χ0) is 19.4. The lowest BCUT2D eigenvalue weighted by molar-refractivity contribution is -0.143. The summed E-state index contributed by atoms with van der Waals surface area (Å²) in [5.41, 5.74) is 1.08. The minimum absolute atomic E-state index is 0.116. The third-order valence-electron chi connectivity index (χ3n) is 6.50. The smallest absolute Gasteiger partial charge is 0.244 e. The van der Waals surface area contributed by atoms with Crippen molar-refractivity contribution in [2.75, 3.05) is 29.9 Å². The molecule has 2 aliphatic heterocycles. The number of carbonyl (C=O) groups is 3. The van der Waals surface area contributed by atoms with Crippen molar-refractivity contribution in [3.05, 3.63) is 36.2 Å². The van der Waals surface area contributed by atoms with E-state index in [4.69, 9.17) is 0 Å². The van der Waals surface area contributed by atoms with Crippen molar-refractivity contribution in [3.8, 4) is 0 Å². The van der Waals surface area contributed by atoms with Crippen LogP contribution < -0.4 is 10.2 Å². The Balaban J connectivity index is 1.28. The van der Waals surface area contributed by atoms with Gasteiger partial charge in [-0.15, -0.1) is 0 Å². The Morgan fingerprint density at radius 3 is 2.32 bits per heavy atom. The molecule has 1 aromatic rings. The molecule has 1 saturated carbocycles. The molecule has 146 valence electrons. The summed E-state index contributed by atoms with van der Waals surface area (Å²) in [5, 5.41) is 2.65. The maximum Gasteiger partial charge on any atom is 0.244 e. The van der Waals surface area contributed by atoms with Crippen LogP contribution in [0.4, 0.5) is 15.8 Å². The number of halogens is 1. The van der Waals surface area contributed by atoms with E-state index in [9.17, 15) is 18.8 Å². The molecule has 4 atom stereocenters. The van der Waals surface area contributed by atoms with Crippen LogP contribution in [0.5, 0.6) is 0 Å². The second-order valence-electron chi connectivity index (χ2n) is 8.20. The van der Waals surface area contributed by atoms with Gasteiger partial charge in [0.2, 0.25) is 17.7 Å². The first-order valence-corrected chi connectivity index (χ1v) is 9.90. The van der Waals surface area contributed by atoms with Crippen LogP contribution in [0.2, 0.25) is 0 Å². The molecule has 0 spiro atoms. The van der Waals surface area contributed by atoms with Gasteiger partial charge in [-0.3, -0.25) is 19.3 Å². The Bertz CT molecular complexity index is 863. The number of anilines is 2. The summed E-state index contributed by atoms with van der Waals surface area (Å²) in [4.78, 5) is 41.0. The van der Waals surface area contributed by atoms with E-state index < -0.39 is 11.7 Å². The lowest BCUT2D eigenvalue weighted by Gasteiger charge is -2.20. The highest BCUT2D eigenvalue weighted by Gasteiger charge is 2.59. The molecule has 28 heavy (non-hydrogen) atoms. The number of benzene rings is 1. The molecular weight excluding hydrogens is 361 g/mol. The molecule has 7 heteroatoms. The van der Waals surface area contributed by atoms with Gasteiger partial charge in [0, 0.05) is 24.5 Å². The van der Waals surface area contributed by atoms with Gasteiger partial charge >= 0.3 is 0 Å². The van der Waals surface area contributed by atoms with Crippen LogP contribution >= 0.6 is 0 Å². The maximum atomic E-state index is 14.0. The minimum atomic E-state index is -0.486. The van der Waals surface area contributed by atoms with Crippen LogP contribution in [0.15, 0.2) is 30.4 Å². The predicted molar refractivity (Wildman–Crippen MR) is 101 cm³/mol. The molecule has 5 rings (SSSR count). The highest BCUT2D eigenvalue weighted by Crippen LogP contribution is 2.52. The molecule has 2 aliphatic carbocycles. The molecule has 4 unspecified atom stereocenters. The summed E-state index contributed by atoms with van der Waals surface area (Å²) in [6.07, 6.45) is 7.03. The number of amides is 3. The summed E-state index contributed by atoms with van der Waals surface area (Å²) < 4.78 is 14.0. The second kappa shape index (κ2) is 6.43. The van der Waals surface area contributed by atoms with Crippen molar-refractivity contribution in [2.24, 2.45) is 23.7 Å². The number of hydrogen-bond donors (Lipinski definition) is 1. The fourth-order valence-corrected chi connectivity index (χ4v) is 5.27. The van der Waals surface area contributed by atoms with Crippen LogP contribution in [-0.2, 0) is 14.4 Å². The molecule has 2 saturated heterocycles. The van der Waals surface area contributed by atoms with E-state index in [-0.39, 0.29) is 42.0 Å². The highest BCUT2D eigenvalue weighted by atomic mass is 19.1. The monoisotopic (exact) mass is 383 g/mol. The molecule has 0 aromatic heterocycles. The van der Waals surface area contributed by atoms with Gasteiger partial charge in [-0.2, -0.15) is 0 Å². The standard InChI is InChI=1S/C21H22FN3O3/c22-14-8-15(10-16(9-14)24-5-1-2-6-24)23-17(26)11-25-20(27)18-12-3-4-13(7-12)19(18)21(25)28/h3-4,8-10,12-13,18-19H,1-2,5-7,11H2,(H,23,26). The largest absolute Gasteiger partial charge is 0.371 e. The van der Waals surface area contributed by atoms with Crippen molar-refractivity contribution in [2.45, 2.75) is 19.3 Å². The van der Waals surface area contributed by atoms with E-state index in [1.54, 1.807) is 6.07 Å². The van der Waals surface area contributed by atoms with Gasteiger partial charge in [0.15, 0.2) is 0 Å².